The lowest BCUT2D eigenvalue weighted by molar-refractivity contribution is 0.670. The third-order valence-corrected chi connectivity index (χ3v) is 10.3. The van der Waals surface area contributed by atoms with Crippen molar-refractivity contribution >= 4 is 43.5 Å². The predicted octanol–water partition coefficient (Wildman–Crippen LogP) is 14.2. The minimum Gasteiger partial charge on any atom is -0.455 e. The summed E-state index contributed by atoms with van der Waals surface area (Å²) in [5.41, 5.74) is 13.9. The molecule has 0 bridgehead atoms. The quantitative estimate of drug-likeness (QED) is 0.169. The third-order valence-electron chi connectivity index (χ3n) is 10.3. The zero-order valence-electron chi connectivity index (χ0n) is 27.9. The van der Waals surface area contributed by atoms with E-state index in [1.54, 1.807) is 0 Å². The van der Waals surface area contributed by atoms with Gasteiger partial charge in [0.15, 0.2) is 0 Å². The van der Waals surface area contributed by atoms with E-state index in [4.69, 9.17) is 4.42 Å². The van der Waals surface area contributed by atoms with E-state index in [2.05, 4.69) is 182 Å². The summed E-state index contributed by atoms with van der Waals surface area (Å²) in [5, 5.41) is 7.29. The number of hydrogen-bond acceptors (Lipinski definition) is 1. The third kappa shape index (κ3) is 4.78. The minimum atomic E-state index is 0.913. The molecular formula is C50H32O. The van der Waals surface area contributed by atoms with Gasteiger partial charge in [0, 0.05) is 16.3 Å². The van der Waals surface area contributed by atoms with E-state index >= 15 is 0 Å². The number of hydrogen-bond donors (Lipinski definition) is 0. The van der Waals surface area contributed by atoms with Crippen molar-refractivity contribution in [3.05, 3.63) is 194 Å². The molecule has 0 radical (unpaired) electrons. The second-order valence-electron chi connectivity index (χ2n) is 13.2. The molecule has 0 amide bonds. The maximum atomic E-state index is 6.46. The lowest BCUT2D eigenvalue weighted by atomic mass is 9.83. The van der Waals surface area contributed by atoms with Gasteiger partial charge in [0.25, 0.3) is 0 Å². The van der Waals surface area contributed by atoms with Gasteiger partial charge in [-0.15, -0.1) is 0 Å². The summed E-state index contributed by atoms with van der Waals surface area (Å²) in [7, 11) is 0. The van der Waals surface area contributed by atoms with Crippen LogP contribution in [0.2, 0.25) is 0 Å². The highest BCUT2D eigenvalue weighted by Crippen LogP contribution is 2.46. The molecule has 1 heterocycles. The number of fused-ring (bicyclic) bond motifs is 5. The molecule has 1 nitrogen and oxygen atoms in total. The van der Waals surface area contributed by atoms with Crippen molar-refractivity contribution in [1.29, 1.82) is 0 Å². The molecule has 0 aliphatic heterocycles. The first-order chi connectivity index (χ1) is 25.3. The van der Waals surface area contributed by atoms with Gasteiger partial charge in [-0.05, 0) is 77.7 Å². The Morgan fingerprint density at radius 1 is 0.235 bits per heavy atom. The Bertz CT molecular complexity index is 2840. The molecule has 0 aliphatic rings. The van der Waals surface area contributed by atoms with Crippen LogP contribution < -0.4 is 0 Å². The van der Waals surface area contributed by atoms with Crippen LogP contribution in [0.15, 0.2) is 199 Å². The van der Waals surface area contributed by atoms with Crippen LogP contribution in [0.25, 0.3) is 99.1 Å². The number of furan rings is 1. The van der Waals surface area contributed by atoms with Gasteiger partial charge in [0.2, 0.25) is 0 Å². The zero-order valence-corrected chi connectivity index (χ0v) is 27.9. The van der Waals surface area contributed by atoms with Gasteiger partial charge < -0.3 is 4.42 Å². The van der Waals surface area contributed by atoms with Gasteiger partial charge in [-0.1, -0.05) is 188 Å². The number of para-hydroxylation sites is 2. The Morgan fingerprint density at radius 3 is 1.33 bits per heavy atom. The van der Waals surface area contributed by atoms with Crippen LogP contribution in [-0.2, 0) is 0 Å². The van der Waals surface area contributed by atoms with Crippen molar-refractivity contribution in [3.63, 3.8) is 0 Å². The van der Waals surface area contributed by atoms with E-state index in [1.807, 2.05) is 12.1 Å². The summed E-state index contributed by atoms with van der Waals surface area (Å²) in [6.45, 7) is 0. The molecule has 1 heteroatoms. The summed E-state index contributed by atoms with van der Waals surface area (Å²) in [6, 6.07) is 69.9. The first-order valence-electron chi connectivity index (χ1n) is 17.5. The van der Waals surface area contributed by atoms with Crippen molar-refractivity contribution in [2.45, 2.75) is 0 Å². The Labute approximate surface area is 296 Å². The summed E-state index contributed by atoms with van der Waals surface area (Å²) in [6.07, 6.45) is 0. The first-order valence-corrected chi connectivity index (χ1v) is 17.5. The molecule has 10 rings (SSSR count). The van der Waals surface area contributed by atoms with E-state index in [-0.39, 0.29) is 0 Å². The van der Waals surface area contributed by atoms with Gasteiger partial charge in [-0.2, -0.15) is 0 Å². The van der Waals surface area contributed by atoms with Gasteiger partial charge in [-0.25, -0.2) is 0 Å². The smallest absolute Gasteiger partial charge is 0.143 e. The average molecular weight is 649 g/mol. The molecule has 0 N–H and O–H groups in total. The van der Waals surface area contributed by atoms with Gasteiger partial charge >= 0.3 is 0 Å². The lowest BCUT2D eigenvalue weighted by Gasteiger charge is -2.20. The van der Waals surface area contributed by atoms with E-state index in [1.165, 1.54) is 66.1 Å². The SMILES string of the molecule is c1ccc(-c2ccccc2-c2c3ccccc3c(-c3ccc(-c4ccccc4-c4cccc5c4oc4ccccc45)cc3)c3ccccc23)cc1. The van der Waals surface area contributed by atoms with Crippen molar-refractivity contribution in [3.8, 4) is 55.6 Å². The van der Waals surface area contributed by atoms with Crippen LogP contribution in [0.5, 0.6) is 0 Å². The molecule has 0 fully saturated rings. The van der Waals surface area contributed by atoms with Crippen LogP contribution in [0.1, 0.15) is 0 Å². The second kappa shape index (κ2) is 12.0. The highest BCUT2D eigenvalue weighted by molar-refractivity contribution is 6.22. The van der Waals surface area contributed by atoms with Crippen molar-refractivity contribution in [2.75, 3.05) is 0 Å². The average Bonchev–Trinajstić information content (AvgIpc) is 3.59. The first kappa shape index (κ1) is 29.2. The molecule has 0 saturated carbocycles. The fourth-order valence-corrected chi connectivity index (χ4v) is 8.05. The van der Waals surface area contributed by atoms with Crippen molar-refractivity contribution in [1.82, 2.24) is 0 Å². The molecule has 51 heavy (non-hydrogen) atoms. The molecule has 0 atom stereocenters. The fourth-order valence-electron chi connectivity index (χ4n) is 8.05. The molecule has 0 saturated heterocycles. The largest absolute Gasteiger partial charge is 0.455 e. The molecule has 10 aromatic rings. The summed E-state index contributed by atoms with van der Waals surface area (Å²) >= 11 is 0. The highest BCUT2D eigenvalue weighted by atomic mass is 16.3. The van der Waals surface area contributed by atoms with Crippen molar-refractivity contribution < 1.29 is 4.42 Å². The molecule has 9 aromatic carbocycles. The Hall–Kier alpha value is -6.70. The van der Waals surface area contributed by atoms with E-state index in [0.29, 0.717) is 0 Å². The Morgan fingerprint density at radius 2 is 0.667 bits per heavy atom. The number of benzene rings is 9. The lowest BCUT2D eigenvalue weighted by Crippen LogP contribution is -1.93. The molecule has 0 aliphatic carbocycles. The van der Waals surface area contributed by atoms with E-state index in [0.717, 1.165) is 33.1 Å². The molecule has 0 spiro atoms. The minimum absolute atomic E-state index is 0.913. The Kier molecular flexibility index (Phi) is 6.89. The summed E-state index contributed by atoms with van der Waals surface area (Å²) < 4.78 is 6.46. The second-order valence-corrected chi connectivity index (χ2v) is 13.2. The number of rotatable bonds is 5. The van der Waals surface area contributed by atoms with Crippen molar-refractivity contribution in [2.24, 2.45) is 0 Å². The summed E-state index contributed by atoms with van der Waals surface area (Å²) in [4.78, 5) is 0. The maximum absolute atomic E-state index is 6.46. The zero-order chi connectivity index (χ0) is 33.7. The molecule has 1 aromatic heterocycles. The summed E-state index contributed by atoms with van der Waals surface area (Å²) in [5.74, 6) is 0. The molecular weight excluding hydrogens is 617 g/mol. The van der Waals surface area contributed by atoms with E-state index in [9.17, 15) is 0 Å². The van der Waals surface area contributed by atoms with Crippen LogP contribution in [-0.4, -0.2) is 0 Å². The van der Waals surface area contributed by atoms with Gasteiger partial charge in [-0.3, -0.25) is 0 Å². The molecule has 238 valence electrons. The molecule has 0 unspecified atom stereocenters. The van der Waals surface area contributed by atoms with Crippen LogP contribution in [0, 0.1) is 0 Å². The van der Waals surface area contributed by atoms with Gasteiger partial charge in [0.05, 0.1) is 0 Å². The highest BCUT2D eigenvalue weighted by Gasteiger charge is 2.19. The van der Waals surface area contributed by atoms with Crippen LogP contribution in [0.3, 0.4) is 0 Å². The predicted molar refractivity (Wildman–Crippen MR) is 216 cm³/mol. The monoisotopic (exact) mass is 648 g/mol. The maximum Gasteiger partial charge on any atom is 0.143 e. The standard InChI is InChI=1S/C50H32O/c1-2-15-33(16-3-1)37-18-5-7-21-40(37)49-43-24-10-8-22-41(43)48(42-23-9-11-25-44(42)49)35-31-29-34(30-32-35)36-17-4-6-19-38(36)45-26-14-27-46-39-20-12-13-28-47(39)51-50(45)46/h1-32H. The van der Waals surface area contributed by atoms with Crippen LogP contribution in [0.4, 0.5) is 0 Å². The fraction of sp³-hybridized carbons (Fsp3) is 0. The Balaban J connectivity index is 1.14. The van der Waals surface area contributed by atoms with E-state index < -0.39 is 0 Å². The van der Waals surface area contributed by atoms with Crippen LogP contribution >= 0.6 is 0 Å². The topological polar surface area (TPSA) is 13.1 Å². The van der Waals surface area contributed by atoms with Gasteiger partial charge in [0.1, 0.15) is 11.2 Å². The normalized spacial score (nSPS) is 11.5.